The van der Waals surface area contributed by atoms with E-state index in [1.54, 1.807) is 12.1 Å². The van der Waals surface area contributed by atoms with Crippen LogP contribution in [0, 0.1) is 11.7 Å². The van der Waals surface area contributed by atoms with Gasteiger partial charge in [-0.3, -0.25) is 4.79 Å². The number of nitrogens with zero attached hydrogens (tertiary/aromatic N) is 1. The van der Waals surface area contributed by atoms with Crippen molar-refractivity contribution in [3.8, 4) is 11.1 Å². The molecule has 0 radical (unpaired) electrons. The first-order chi connectivity index (χ1) is 17.0. The molecular formula is C30H30FNO3. The molecule has 0 bridgehead atoms. The monoisotopic (exact) mass is 471 g/mol. The fourth-order valence-electron chi connectivity index (χ4n) is 4.55. The van der Waals surface area contributed by atoms with Crippen LogP contribution in [0.2, 0.25) is 0 Å². The van der Waals surface area contributed by atoms with Crippen LogP contribution in [0.5, 0.6) is 0 Å². The highest BCUT2D eigenvalue weighted by molar-refractivity contribution is 5.95. The van der Waals surface area contributed by atoms with E-state index in [9.17, 15) is 14.0 Å². The summed E-state index contributed by atoms with van der Waals surface area (Å²) in [7, 11) is 1.34. The second-order valence-corrected chi connectivity index (χ2v) is 8.92. The van der Waals surface area contributed by atoms with Crippen molar-refractivity contribution in [2.75, 3.05) is 12.0 Å². The average molecular weight is 472 g/mol. The van der Waals surface area contributed by atoms with E-state index < -0.39 is 5.97 Å². The van der Waals surface area contributed by atoms with Crippen molar-refractivity contribution in [3.63, 3.8) is 0 Å². The largest absolute Gasteiger partial charge is 0.466 e. The average Bonchev–Trinajstić information content (AvgIpc) is 2.91. The highest BCUT2D eigenvalue weighted by Crippen LogP contribution is 2.30. The lowest BCUT2D eigenvalue weighted by Crippen LogP contribution is -2.36. The van der Waals surface area contributed by atoms with Gasteiger partial charge < -0.3 is 9.64 Å². The first kappa shape index (κ1) is 24.4. The minimum absolute atomic E-state index is 0.0181. The summed E-state index contributed by atoms with van der Waals surface area (Å²) in [5.74, 6) is -0.543. The Morgan fingerprint density at radius 2 is 1.69 bits per heavy atom. The second kappa shape index (κ2) is 11.6. The molecule has 1 amide bonds. The molecule has 0 aliphatic heterocycles. The molecule has 1 aliphatic rings. The summed E-state index contributed by atoms with van der Waals surface area (Å²) in [6.45, 7) is 0.433. The van der Waals surface area contributed by atoms with Crippen LogP contribution in [0.25, 0.3) is 17.2 Å². The standard InChI is InChI=1S/C30H30FNO3/c1-35-29(33)18-15-22-7-5-12-28(19-22)32(30(34)25-8-3-2-4-9-25)21-23-13-16-24(17-14-23)26-10-6-11-27(31)20-26/h5-7,10-20,25H,2-4,8-9,21H2,1H3/b18-15+. The molecule has 5 heteroatoms. The number of hydrogen-bond donors (Lipinski definition) is 0. The van der Waals surface area contributed by atoms with Crippen LogP contribution in [0.15, 0.2) is 78.9 Å². The molecule has 35 heavy (non-hydrogen) atoms. The van der Waals surface area contributed by atoms with Gasteiger partial charge in [0.1, 0.15) is 5.82 Å². The van der Waals surface area contributed by atoms with E-state index in [1.807, 2.05) is 59.5 Å². The molecule has 1 aliphatic carbocycles. The molecule has 1 fully saturated rings. The Balaban J connectivity index is 1.60. The molecule has 180 valence electrons. The van der Waals surface area contributed by atoms with Gasteiger partial charge in [0.2, 0.25) is 5.91 Å². The Kier molecular flexibility index (Phi) is 8.09. The number of benzene rings is 3. The van der Waals surface area contributed by atoms with Crippen molar-refractivity contribution < 1.29 is 18.7 Å². The maximum Gasteiger partial charge on any atom is 0.330 e. The van der Waals surface area contributed by atoms with E-state index in [0.29, 0.717) is 6.54 Å². The summed E-state index contributed by atoms with van der Waals surface area (Å²) in [5.41, 5.74) is 4.34. The third-order valence-electron chi connectivity index (χ3n) is 6.47. The number of esters is 1. The number of anilines is 1. The van der Waals surface area contributed by atoms with Gasteiger partial charge in [0.15, 0.2) is 0 Å². The third-order valence-corrected chi connectivity index (χ3v) is 6.47. The number of methoxy groups -OCH3 is 1. The maximum atomic E-state index is 13.6. The molecule has 0 atom stereocenters. The zero-order chi connectivity index (χ0) is 24.6. The normalized spacial score (nSPS) is 14.1. The Morgan fingerprint density at radius 3 is 2.40 bits per heavy atom. The van der Waals surface area contributed by atoms with Crippen molar-refractivity contribution in [1.82, 2.24) is 0 Å². The van der Waals surface area contributed by atoms with Crippen molar-refractivity contribution in [1.29, 1.82) is 0 Å². The zero-order valence-corrected chi connectivity index (χ0v) is 20.0. The first-order valence-corrected chi connectivity index (χ1v) is 12.1. The molecular weight excluding hydrogens is 441 g/mol. The molecule has 3 aromatic carbocycles. The lowest BCUT2D eigenvalue weighted by atomic mass is 9.88. The van der Waals surface area contributed by atoms with Crippen molar-refractivity contribution in [2.24, 2.45) is 5.92 Å². The van der Waals surface area contributed by atoms with E-state index in [2.05, 4.69) is 4.74 Å². The highest BCUT2D eigenvalue weighted by atomic mass is 19.1. The SMILES string of the molecule is COC(=O)/C=C/c1cccc(N(Cc2ccc(-c3cccc(F)c3)cc2)C(=O)C2CCCCC2)c1. The molecule has 0 heterocycles. The summed E-state index contributed by atoms with van der Waals surface area (Å²) >= 11 is 0. The van der Waals surface area contributed by atoms with E-state index in [4.69, 9.17) is 0 Å². The molecule has 0 spiro atoms. The third kappa shape index (κ3) is 6.44. The van der Waals surface area contributed by atoms with E-state index in [1.165, 1.54) is 31.7 Å². The number of hydrogen-bond acceptors (Lipinski definition) is 3. The Hall–Kier alpha value is -3.73. The molecule has 4 nitrogen and oxygen atoms in total. The summed E-state index contributed by atoms with van der Waals surface area (Å²) in [5, 5.41) is 0. The van der Waals surface area contributed by atoms with Gasteiger partial charge in [-0.15, -0.1) is 0 Å². The minimum Gasteiger partial charge on any atom is -0.466 e. The zero-order valence-electron chi connectivity index (χ0n) is 20.0. The minimum atomic E-state index is -0.427. The lowest BCUT2D eigenvalue weighted by molar-refractivity contribution is -0.134. The van der Waals surface area contributed by atoms with Crippen LogP contribution in [0.3, 0.4) is 0 Å². The van der Waals surface area contributed by atoms with Crippen molar-refractivity contribution in [3.05, 3.63) is 95.8 Å². The lowest BCUT2D eigenvalue weighted by Gasteiger charge is -2.30. The quantitative estimate of drug-likeness (QED) is 0.281. The van der Waals surface area contributed by atoms with Gasteiger partial charge in [-0.25, -0.2) is 9.18 Å². The van der Waals surface area contributed by atoms with Crippen molar-refractivity contribution in [2.45, 2.75) is 38.6 Å². The van der Waals surface area contributed by atoms with E-state index in [0.717, 1.165) is 53.6 Å². The van der Waals surface area contributed by atoms with Crippen LogP contribution >= 0.6 is 0 Å². The fraction of sp³-hybridized carbons (Fsp3) is 0.267. The predicted molar refractivity (Wildman–Crippen MR) is 137 cm³/mol. The molecule has 0 saturated heterocycles. The van der Waals surface area contributed by atoms with Gasteiger partial charge in [0, 0.05) is 17.7 Å². The van der Waals surface area contributed by atoms with Gasteiger partial charge >= 0.3 is 5.97 Å². The highest BCUT2D eigenvalue weighted by Gasteiger charge is 2.27. The van der Waals surface area contributed by atoms with Crippen LogP contribution in [0.4, 0.5) is 10.1 Å². The summed E-state index contributed by atoms with van der Waals surface area (Å²) in [4.78, 5) is 27.0. The summed E-state index contributed by atoms with van der Waals surface area (Å²) < 4.78 is 18.3. The first-order valence-electron chi connectivity index (χ1n) is 12.1. The Labute approximate surface area is 206 Å². The molecule has 0 aromatic heterocycles. The second-order valence-electron chi connectivity index (χ2n) is 8.92. The molecule has 3 aromatic rings. The number of amides is 1. The maximum absolute atomic E-state index is 13.6. The Bertz CT molecular complexity index is 1200. The summed E-state index contributed by atoms with van der Waals surface area (Å²) in [6, 6.07) is 22.0. The van der Waals surface area contributed by atoms with Gasteiger partial charge in [0.25, 0.3) is 0 Å². The predicted octanol–water partition coefficient (Wildman–Crippen LogP) is 6.79. The number of carbonyl (C=O) groups excluding carboxylic acids is 2. The molecule has 0 unspecified atom stereocenters. The van der Waals surface area contributed by atoms with Gasteiger partial charge in [-0.1, -0.05) is 67.8 Å². The van der Waals surface area contributed by atoms with Crippen LogP contribution in [-0.2, 0) is 20.9 Å². The van der Waals surface area contributed by atoms with Crippen LogP contribution in [0.1, 0.15) is 43.2 Å². The van der Waals surface area contributed by atoms with Gasteiger partial charge in [0.05, 0.1) is 13.7 Å². The molecule has 0 N–H and O–H groups in total. The number of carbonyl (C=O) groups is 2. The molecule has 1 saturated carbocycles. The van der Waals surface area contributed by atoms with Crippen molar-refractivity contribution >= 4 is 23.6 Å². The van der Waals surface area contributed by atoms with Crippen LogP contribution in [-0.4, -0.2) is 19.0 Å². The fourth-order valence-corrected chi connectivity index (χ4v) is 4.55. The van der Waals surface area contributed by atoms with Crippen LogP contribution < -0.4 is 4.90 Å². The van der Waals surface area contributed by atoms with Gasteiger partial charge in [-0.2, -0.15) is 0 Å². The van der Waals surface area contributed by atoms with E-state index in [-0.39, 0.29) is 17.6 Å². The Morgan fingerprint density at radius 1 is 0.943 bits per heavy atom. The number of ether oxygens (including phenoxy) is 1. The van der Waals surface area contributed by atoms with E-state index >= 15 is 0 Å². The molecule has 4 rings (SSSR count). The summed E-state index contributed by atoms with van der Waals surface area (Å²) in [6.07, 6.45) is 8.22. The van der Waals surface area contributed by atoms with Gasteiger partial charge in [-0.05, 0) is 65.4 Å². The topological polar surface area (TPSA) is 46.6 Å². The smallest absolute Gasteiger partial charge is 0.330 e. The number of rotatable bonds is 7. The number of halogens is 1.